The summed E-state index contributed by atoms with van der Waals surface area (Å²) < 4.78 is 1.71. The summed E-state index contributed by atoms with van der Waals surface area (Å²) in [6, 6.07) is 5.10. The minimum Gasteiger partial charge on any atom is -0.345 e. The van der Waals surface area contributed by atoms with Crippen LogP contribution in [-0.2, 0) is 9.59 Å². The van der Waals surface area contributed by atoms with Gasteiger partial charge in [-0.1, -0.05) is 22.9 Å². The summed E-state index contributed by atoms with van der Waals surface area (Å²) in [6.07, 6.45) is 0.583. The molecule has 1 aromatic carbocycles. The molecule has 2 rings (SSSR count). The maximum atomic E-state index is 12.0. The molecule has 96 valence electrons. The second-order valence-electron chi connectivity index (χ2n) is 4.00. The molecule has 0 saturated carbocycles. The van der Waals surface area contributed by atoms with Crippen molar-refractivity contribution in [3.63, 3.8) is 0 Å². The van der Waals surface area contributed by atoms with Gasteiger partial charge in [-0.05, 0) is 40.5 Å². The van der Waals surface area contributed by atoms with E-state index in [2.05, 4.69) is 37.2 Å². The molecule has 2 amide bonds. The first-order valence-corrected chi connectivity index (χ1v) is 7.18. The molecule has 1 aliphatic rings. The Kier molecular flexibility index (Phi) is 4.07. The Morgan fingerprint density at radius 3 is 2.72 bits per heavy atom. The van der Waals surface area contributed by atoms with E-state index >= 15 is 0 Å². The van der Waals surface area contributed by atoms with Gasteiger partial charge < -0.3 is 5.32 Å². The Morgan fingerprint density at radius 1 is 1.39 bits per heavy atom. The van der Waals surface area contributed by atoms with Gasteiger partial charge in [0.15, 0.2) is 0 Å². The number of halogens is 2. The van der Waals surface area contributed by atoms with E-state index < -0.39 is 6.04 Å². The van der Waals surface area contributed by atoms with Crippen LogP contribution in [0.4, 0.5) is 5.69 Å². The first-order chi connectivity index (χ1) is 8.54. The van der Waals surface area contributed by atoms with Crippen LogP contribution < -0.4 is 10.2 Å². The number of amides is 2. The monoisotopic (exact) mass is 374 g/mol. The van der Waals surface area contributed by atoms with Gasteiger partial charge in [0.1, 0.15) is 6.04 Å². The quantitative estimate of drug-likeness (QED) is 0.863. The lowest BCUT2D eigenvalue weighted by Gasteiger charge is -2.35. The first-order valence-electron chi connectivity index (χ1n) is 5.59. The van der Waals surface area contributed by atoms with E-state index in [1.54, 1.807) is 4.90 Å². The van der Waals surface area contributed by atoms with Crippen LogP contribution in [0.3, 0.4) is 0 Å². The lowest BCUT2D eigenvalue weighted by atomic mass is 10.1. The van der Waals surface area contributed by atoms with Crippen LogP contribution in [0.1, 0.15) is 13.3 Å². The molecule has 1 heterocycles. The Hall–Kier alpha value is -0.880. The fourth-order valence-electron chi connectivity index (χ4n) is 2.00. The van der Waals surface area contributed by atoms with E-state index in [-0.39, 0.29) is 18.4 Å². The molecular weight excluding hydrogens is 364 g/mol. The number of nitrogens with zero attached hydrogens (tertiary/aromatic N) is 1. The zero-order valence-electron chi connectivity index (χ0n) is 9.74. The van der Waals surface area contributed by atoms with Crippen molar-refractivity contribution >= 4 is 49.4 Å². The van der Waals surface area contributed by atoms with Crippen molar-refractivity contribution in [2.24, 2.45) is 0 Å². The van der Waals surface area contributed by atoms with Crippen molar-refractivity contribution in [3.8, 4) is 0 Å². The van der Waals surface area contributed by atoms with Crippen molar-refractivity contribution in [1.29, 1.82) is 0 Å². The molecule has 4 nitrogen and oxygen atoms in total. The molecule has 0 bridgehead atoms. The van der Waals surface area contributed by atoms with Crippen LogP contribution in [0.5, 0.6) is 0 Å². The molecule has 1 fully saturated rings. The summed E-state index contributed by atoms with van der Waals surface area (Å²) >= 11 is 6.80. The average Bonchev–Trinajstić information content (AvgIpc) is 2.33. The van der Waals surface area contributed by atoms with Crippen molar-refractivity contribution < 1.29 is 9.59 Å². The summed E-state index contributed by atoms with van der Waals surface area (Å²) in [7, 11) is 0. The fourth-order valence-corrected chi connectivity index (χ4v) is 3.24. The topological polar surface area (TPSA) is 49.4 Å². The number of hydrogen-bond acceptors (Lipinski definition) is 2. The SMILES string of the molecule is CCC1C(=O)NCC(=O)N1c1ccc(Br)cc1Br. The summed E-state index contributed by atoms with van der Waals surface area (Å²) in [5.74, 6) is -0.198. The summed E-state index contributed by atoms with van der Waals surface area (Å²) in [5, 5.41) is 2.61. The number of rotatable bonds is 2. The van der Waals surface area contributed by atoms with Gasteiger partial charge in [-0.3, -0.25) is 14.5 Å². The number of nitrogens with one attached hydrogen (secondary N) is 1. The molecular formula is C12H12Br2N2O2. The molecule has 18 heavy (non-hydrogen) atoms. The zero-order chi connectivity index (χ0) is 13.3. The highest BCUT2D eigenvalue weighted by atomic mass is 79.9. The van der Waals surface area contributed by atoms with Gasteiger partial charge in [0.25, 0.3) is 0 Å². The molecule has 0 radical (unpaired) electrons. The van der Waals surface area contributed by atoms with Gasteiger partial charge in [-0.25, -0.2) is 0 Å². The van der Waals surface area contributed by atoms with Gasteiger partial charge in [0, 0.05) is 8.95 Å². The van der Waals surface area contributed by atoms with E-state index in [1.165, 1.54) is 0 Å². The molecule has 1 N–H and O–H groups in total. The largest absolute Gasteiger partial charge is 0.345 e. The van der Waals surface area contributed by atoms with E-state index in [0.717, 1.165) is 14.6 Å². The summed E-state index contributed by atoms with van der Waals surface area (Å²) in [5.41, 5.74) is 0.727. The molecule has 0 spiro atoms. The van der Waals surface area contributed by atoms with Crippen molar-refractivity contribution in [2.45, 2.75) is 19.4 Å². The number of piperazine rings is 1. The van der Waals surface area contributed by atoms with Gasteiger partial charge in [0.05, 0.1) is 12.2 Å². The zero-order valence-corrected chi connectivity index (χ0v) is 12.9. The van der Waals surface area contributed by atoms with E-state index in [9.17, 15) is 9.59 Å². The smallest absolute Gasteiger partial charge is 0.247 e. The van der Waals surface area contributed by atoms with Gasteiger partial charge in [-0.15, -0.1) is 0 Å². The van der Waals surface area contributed by atoms with Gasteiger partial charge in [0.2, 0.25) is 11.8 Å². The minimum atomic E-state index is -0.441. The van der Waals surface area contributed by atoms with Crippen LogP contribution >= 0.6 is 31.9 Å². The number of carbonyl (C=O) groups is 2. The lowest BCUT2D eigenvalue weighted by molar-refractivity contribution is -0.131. The van der Waals surface area contributed by atoms with Gasteiger partial charge >= 0.3 is 0 Å². The Labute approximate surface area is 122 Å². The van der Waals surface area contributed by atoms with Gasteiger partial charge in [-0.2, -0.15) is 0 Å². The highest BCUT2D eigenvalue weighted by Crippen LogP contribution is 2.32. The summed E-state index contributed by atoms with van der Waals surface area (Å²) in [4.78, 5) is 25.4. The molecule has 6 heteroatoms. The second kappa shape index (κ2) is 5.40. The molecule has 0 aliphatic carbocycles. The molecule has 1 saturated heterocycles. The van der Waals surface area contributed by atoms with Crippen molar-refractivity contribution in [3.05, 3.63) is 27.1 Å². The van der Waals surface area contributed by atoms with Crippen molar-refractivity contribution in [1.82, 2.24) is 5.32 Å². The predicted octanol–water partition coefficient (Wildman–Crippen LogP) is 2.45. The normalized spacial score (nSPS) is 19.9. The Balaban J connectivity index is 2.44. The second-order valence-corrected chi connectivity index (χ2v) is 5.77. The van der Waals surface area contributed by atoms with Crippen LogP contribution in [0, 0.1) is 0 Å². The first kappa shape index (κ1) is 13.5. The fraction of sp³-hybridized carbons (Fsp3) is 0.333. The third kappa shape index (κ3) is 2.44. The van der Waals surface area contributed by atoms with E-state index in [4.69, 9.17) is 0 Å². The van der Waals surface area contributed by atoms with Crippen LogP contribution in [0.25, 0.3) is 0 Å². The lowest BCUT2D eigenvalue weighted by Crippen LogP contribution is -2.58. The maximum Gasteiger partial charge on any atom is 0.247 e. The number of hydrogen-bond donors (Lipinski definition) is 1. The van der Waals surface area contributed by atoms with Crippen LogP contribution in [0.2, 0.25) is 0 Å². The highest BCUT2D eigenvalue weighted by molar-refractivity contribution is 9.11. The predicted molar refractivity (Wildman–Crippen MR) is 76.4 cm³/mol. The number of benzene rings is 1. The minimum absolute atomic E-state index is 0.0534. The number of anilines is 1. The Bertz CT molecular complexity index is 505. The molecule has 1 aromatic rings. The molecule has 0 aromatic heterocycles. The maximum absolute atomic E-state index is 12.0. The highest BCUT2D eigenvalue weighted by Gasteiger charge is 2.34. The van der Waals surface area contributed by atoms with Crippen LogP contribution in [0.15, 0.2) is 27.1 Å². The number of carbonyl (C=O) groups excluding carboxylic acids is 2. The molecule has 1 atom stereocenters. The third-order valence-corrected chi connectivity index (χ3v) is 3.98. The van der Waals surface area contributed by atoms with Crippen LogP contribution in [-0.4, -0.2) is 24.4 Å². The van der Waals surface area contributed by atoms with E-state index in [1.807, 2.05) is 25.1 Å². The molecule has 1 unspecified atom stereocenters. The average molecular weight is 376 g/mol. The third-order valence-electron chi connectivity index (χ3n) is 2.85. The summed E-state index contributed by atoms with van der Waals surface area (Å²) in [6.45, 7) is 1.94. The van der Waals surface area contributed by atoms with E-state index in [0.29, 0.717) is 6.42 Å². The Morgan fingerprint density at radius 2 is 2.11 bits per heavy atom. The molecule has 1 aliphatic heterocycles. The van der Waals surface area contributed by atoms with Crippen molar-refractivity contribution in [2.75, 3.05) is 11.4 Å². The standard InChI is InChI=1S/C12H12Br2N2O2/c1-2-9-12(18)15-6-11(17)16(9)10-4-3-7(13)5-8(10)14/h3-5,9H,2,6H2,1H3,(H,15,18).